The minimum Gasteiger partial charge on any atom is -0.317 e. The number of halogens is 1. The van der Waals surface area contributed by atoms with Crippen molar-refractivity contribution in [2.24, 2.45) is 0 Å². The molecule has 17 heavy (non-hydrogen) atoms. The van der Waals surface area contributed by atoms with Crippen LogP contribution in [0, 0.1) is 28.5 Å². The number of pyridine rings is 1. The Bertz CT molecular complexity index is 632. The van der Waals surface area contributed by atoms with Crippen LogP contribution in [-0.2, 0) is 6.54 Å². The molecule has 0 N–H and O–H groups in total. The van der Waals surface area contributed by atoms with E-state index in [1.807, 2.05) is 6.07 Å². The van der Waals surface area contributed by atoms with Crippen LogP contribution < -0.4 is 0 Å². The van der Waals surface area contributed by atoms with Crippen molar-refractivity contribution in [1.29, 1.82) is 10.5 Å². The van der Waals surface area contributed by atoms with Crippen molar-refractivity contribution in [3.05, 3.63) is 47.6 Å². The molecule has 0 radical (unpaired) electrons. The highest BCUT2D eigenvalue weighted by Crippen LogP contribution is 2.11. The van der Waals surface area contributed by atoms with Crippen molar-refractivity contribution in [1.82, 2.24) is 14.5 Å². The van der Waals surface area contributed by atoms with Crippen LogP contribution >= 0.6 is 0 Å². The first-order valence-electron chi connectivity index (χ1n) is 4.70. The van der Waals surface area contributed by atoms with Gasteiger partial charge >= 0.3 is 0 Å². The van der Waals surface area contributed by atoms with E-state index in [1.54, 1.807) is 6.07 Å². The van der Waals surface area contributed by atoms with Gasteiger partial charge in [-0.1, -0.05) is 0 Å². The van der Waals surface area contributed by atoms with Crippen molar-refractivity contribution < 1.29 is 4.39 Å². The van der Waals surface area contributed by atoms with Gasteiger partial charge in [0.25, 0.3) is 0 Å². The maximum Gasteiger partial charge on any atom is 0.176 e. The third-order valence-electron chi connectivity index (χ3n) is 2.25. The Balaban J connectivity index is 2.39. The van der Waals surface area contributed by atoms with E-state index in [2.05, 4.69) is 9.97 Å². The van der Waals surface area contributed by atoms with Crippen molar-refractivity contribution >= 4 is 0 Å². The van der Waals surface area contributed by atoms with E-state index in [1.165, 1.54) is 23.2 Å². The smallest absolute Gasteiger partial charge is 0.176 e. The lowest BCUT2D eigenvalue weighted by molar-refractivity contribution is 0.592. The van der Waals surface area contributed by atoms with E-state index < -0.39 is 5.82 Å². The van der Waals surface area contributed by atoms with E-state index in [0.717, 1.165) is 6.20 Å². The number of rotatable bonds is 2. The lowest BCUT2D eigenvalue weighted by Crippen LogP contribution is -2.03. The number of hydrogen-bond donors (Lipinski definition) is 0. The van der Waals surface area contributed by atoms with Crippen LogP contribution in [0.4, 0.5) is 4.39 Å². The molecule has 0 spiro atoms. The maximum absolute atomic E-state index is 13.4. The molecular formula is C11H6FN5. The molecule has 0 bridgehead atoms. The number of nitriles is 2. The van der Waals surface area contributed by atoms with Crippen molar-refractivity contribution in [3.8, 4) is 12.1 Å². The summed E-state index contributed by atoms with van der Waals surface area (Å²) in [7, 11) is 0. The second-order valence-corrected chi connectivity index (χ2v) is 3.26. The van der Waals surface area contributed by atoms with Gasteiger partial charge in [0, 0.05) is 11.8 Å². The Kier molecular flexibility index (Phi) is 2.80. The van der Waals surface area contributed by atoms with Gasteiger partial charge in [0.1, 0.15) is 18.0 Å². The average molecular weight is 227 g/mol. The van der Waals surface area contributed by atoms with Gasteiger partial charge in [-0.15, -0.1) is 0 Å². The molecule has 6 heteroatoms. The summed E-state index contributed by atoms with van der Waals surface area (Å²) < 4.78 is 14.8. The molecule has 0 aliphatic carbocycles. The molecule has 2 rings (SSSR count). The molecule has 0 fully saturated rings. The monoisotopic (exact) mass is 227 g/mol. The largest absolute Gasteiger partial charge is 0.317 e. The fourth-order valence-corrected chi connectivity index (χ4v) is 1.42. The van der Waals surface area contributed by atoms with Crippen LogP contribution in [0.1, 0.15) is 17.0 Å². The van der Waals surface area contributed by atoms with Gasteiger partial charge in [0.15, 0.2) is 11.4 Å². The van der Waals surface area contributed by atoms with Gasteiger partial charge in [-0.05, 0) is 6.07 Å². The lowest BCUT2D eigenvalue weighted by Gasteiger charge is -2.04. The zero-order chi connectivity index (χ0) is 12.3. The SMILES string of the molecule is N#Cc1ncn(Cc2ccncc2F)c1C#N. The summed E-state index contributed by atoms with van der Waals surface area (Å²) >= 11 is 0. The highest BCUT2D eigenvalue weighted by atomic mass is 19.1. The third-order valence-corrected chi connectivity index (χ3v) is 2.25. The van der Waals surface area contributed by atoms with Crippen LogP contribution in [0.15, 0.2) is 24.8 Å². The molecule has 0 saturated carbocycles. The Labute approximate surface area is 96.4 Å². The van der Waals surface area contributed by atoms with Crippen molar-refractivity contribution in [3.63, 3.8) is 0 Å². The van der Waals surface area contributed by atoms with Gasteiger partial charge < -0.3 is 4.57 Å². The summed E-state index contributed by atoms with van der Waals surface area (Å²) in [6.45, 7) is 0.145. The summed E-state index contributed by atoms with van der Waals surface area (Å²) in [4.78, 5) is 7.41. The highest BCUT2D eigenvalue weighted by molar-refractivity contribution is 5.36. The zero-order valence-electron chi connectivity index (χ0n) is 8.63. The fourth-order valence-electron chi connectivity index (χ4n) is 1.42. The van der Waals surface area contributed by atoms with Gasteiger partial charge in [-0.25, -0.2) is 9.37 Å². The predicted molar refractivity (Wildman–Crippen MR) is 55.0 cm³/mol. The van der Waals surface area contributed by atoms with E-state index >= 15 is 0 Å². The Morgan fingerprint density at radius 2 is 2.18 bits per heavy atom. The number of hydrogen-bond acceptors (Lipinski definition) is 4. The minimum absolute atomic E-state index is 0.0435. The summed E-state index contributed by atoms with van der Waals surface area (Å²) in [5.41, 5.74) is 0.559. The summed E-state index contributed by atoms with van der Waals surface area (Å²) in [6.07, 6.45) is 3.91. The normalized spacial score (nSPS) is 9.59. The minimum atomic E-state index is -0.455. The van der Waals surface area contributed by atoms with E-state index in [0.29, 0.717) is 5.56 Å². The first kappa shape index (κ1) is 10.8. The molecule has 2 aromatic rings. The molecule has 2 heterocycles. The number of aromatic nitrogens is 3. The maximum atomic E-state index is 13.4. The molecule has 5 nitrogen and oxygen atoms in total. The van der Waals surface area contributed by atoms with E-state index in [4.69, 9.17) is 10.5 Å². The summed E-state index contributed by atoms with van der Waals surface area (Å²) in [5.74, 6) is -0.455. The van der Waals surface area contributed by atoms with Crippen molar-refractivity contribution in [2.45, 2.75) is 6.54 Å². The number of nitrogens with zero attached hydrogens (tertiary/aromatic N) is 5. The molecule has 0 atom stereocenters. The second kappa shape index (κ2) is 4.42. The second-order valence-electron chi connectivity index (χ2n) is 3.26. The molecule has 0 amide bonds. The Hall–Kier alpha value is -2.73. The van der Waals surface area contributed by atoms with Gasteiger partial charge in [-0.2, -0.15) is 10.5 Å². The van der Waals surface area contributed by atoms with Crippen LogP contribution in [0.5, 0.6) is 0 Å². The Morgan fingerprint density at radius 3 is 2.82 bits per heavy atom. The van der Waals surface area contributed by atoms with Gasteiger partial charge in [0.05, 0.1) is 19.1 Å². The van der Waals surface area contributed by atoms with Gasteiger partial charge in [0.2, 0.25) is 0 Å². The van der Waals surface area contributed by atoms with Gasteiger partial charge in [-0.3, -0.25) is 4.98 Å². The fraction of sp³-hybridized carbons (Fsp3) is 0.0909. The molecule has 0 aliphatic heterocycles. The summed E-state index contributed by atoms with van der Waals surface area (Å²) in [6, 6.07) is 5.20. The van der Waals surface area contributed by atoms with Crippen LogP contribution in [0.25, 0.3) is 0 Å². The van der Waals surface area contributed by atoms with Crippen LogP contribution in [-0.4, -0.2) is 14.5 Å². The molecule has 82 valence electrons. The molecule has 0 aliphatic rings. The topological polar surface area (TPSA) is 78.3 Å². The molecular weight excluding hydrogens is 221 g/mol. The third kappa shape index (κ3) is 1.97. The Morgan fingerprint density at radius 1 is 1.35 bits per heavy atom. The first-order chi connectivity index (χ1) is 8.26. The zero-order valence-corrected chi connectivity index (χ0v) is 8.63. The van der Waals surface area contributed by atoms with E-state index in [9.17, 15) is 4.39 Å². The first-order valence-corrected chi connectivity index (χ1v) is 4.70. The summed E-state index contributed by atoms with van der Waals surface area (Å²) in [5, 5.41) is 17.6. The molecule has 0 unspecified atom stereocenters. The molecule has 0 aromatic carbocycles. The predicted octanol–water partition coefficient (Wildman–Crippen LogP) is 1.21. The van der Waals surface area contributed by atoms with Crippen molar-refractivity contribution in [2.75, 3.05) is 0 Å². The van der Waals surface area contributed by atoms with Crippen LogP contribution in [0.3, 0.4) is 0 Å². The standard InChI is InChI=1S/C11H6FN5/c12-9-5-15-2-1-8(9)6-17-7-16-10(3-13)11(17)4-14/h1-2,5,7H,6H2. The molecule has 0 saturated heterocycles. The lowest BCUT2D eigenvalue weighted by atomic mass is 10.2. The average Bonchev–Trinajstić information content (AvgIpc) is 2.74. The molecule has 2 aromatic heterocycles. The van der Waals surface area contributed by atoms with Crippen LogP contribution in [0.2, 0.25) is 0 Å². The van der Waals surface area contributed by atoms with E-state index in [-0.39, 0.29) is 17.9 Å². The quantitative estimate of drug-likeness (QED) is 0.772. The number of imidazole rings is 1. The highest BCUT2D eigenvalue weighted by Gasteiger charge is 2.11.